The second-order valence-corrected chi connectivity index (χ2v) is 9.40. The summed E-state index contributed by atoms with van der Waals surface area (Å²) < 4.78 is 0. The maximum atomic E-state index is 13.7. The quantitative estimate of drug-likeness (QED) is 0.354. The molecule has 32 heavy (non-hydrogen) atoms. The molecule has 3 aromatic carbocycles. The van der Waals surface area contributed by atoms with E-state index in [9.17, 15) is 4.79 Å². The van der Waals surface area contributed by atoms with Crippen molar-refractivity contribution < 1.29 is 4.79 Å². The molecule has 1 aliphatic heterocycles. The number of fused-ring (bicyclic) bond motifs is 2. The molecule has 3 nitrogen and oxygen atoms in total. The Morgan fingerprint density at radius 2 is 1.56 bits per heavy atom. The summed E-state index contributed by atoms with van der Waals surface area (Å²) in [6.45, 7) is 0. The molecule has 0 spiro atoms. The van der Waals surface area contributed by atoms with Crippen molar-refractivity contribution in [1.82, 2.24) is 9.88 Å². The summed E-state index contributed by atoms with van der Waals surface area (Å²) in [5.74, 6) is 0.171. The zero-order chi connectivity index (χ0) is 21.7. The first-order valence-corrected chi connectivity index (χ1v) is 11.9. The van der Waals surface area contributed by atoms with Crippen molar-refractivity contribution in [3.8, 4) is 11.3 Å². The SMILES string of the molecule is O=C1c2ccccc2C(c2c(-c3ccc(Cl)cc3)[nH]c3ccccc23)N1C1CCCCC1. The van der Waals surface area contributed by atoms with Gasteiger partial charge in [-0.05, 0) is 48.2 Å². The smallest absolute Gasteiger partial charge is 0.255 e. The number of rotatable bonds is 3. The van der Waals surface area contributed by atoms with Crippen LogP contribution in [-0.4, -0.2) is 21.8 Å². The lowest BCUT2D eigenvalue weighted by atomic mass is 9.89. The molecule has 1 unspecified atom stereocenters. The van der Waals surface area contributed by atoms with Crippen molar-refractivity contribution in [2.75, 3.05) is 0 Å². The highest BCUT2D eigenvalue weighted by atomic mass is 35.5. The van der Waals surface area contributed by atoms with Crippen LogP contribution >= 0.6 is 11.6 Å². The minimum absolute atomic E-state index is 0.0939. The van der Waals surface area contributed by atoms with E-state index in [2.05, 4.69) is 58.4 Å². The van der Waals surface area contributed by atoms with Gasteiger partial charge >= 0.3 is 0 Å². The van der Waals surface area contributed by atoms with Crippen molar-refractivity contribution in [2.45, 2.75) is 44.2 Å². The van der Waals surface area contributed by atoms with Gasteiger partial charge in [-0.3, -0.25) is 4.79 Å². The number of H-pyrrole nitrogens is 1. The lowest BCUT2D eigenvalue weighted by molar-refractivity contribution is 0.0614. The summed E-state index contributed by atoms with van der Waals surface area (Å²) >= 11 is 6.19. The Labute approximate surface area is 193 Å². The predicted molar refractivity (Wildman–Crippen MR) is 130 cm³/mol. The number of hydrogen-bond acceptors (Lipinski definition) is 1. The molecular weight excluding hydrogens is 416 g/mol. The molecule has 0 bridgehead atoms. The molecule has 1 N–H and O–H groups in total. The third-order valence-corrected chi connectivity index (χ3v) is 7.37. The fourth-order valence-electron chi connectivity index (χ4n) is 5.66. The fraction of sp³-hybridized carbons (Fsp3) is 0.250. The van der Waals surface area contributed by atoms with E-state index in [0.717, 1.165) is 45.8 Å². The van der Waals surface area contributed by atoms with E-state index in [0.29, 0.717) is 0 Å². The normalized spacial score (nSPS) is 19.0. The predicted octanol–water partition coefficient (Wildman–Crippen LogP) is 7.37. The molecule has 1 atom stereocenters. The molecule has 2 aliphatic rings. The van der Waals surface area contributed by atoms with Crippen LogP contribution in [0.3, 0.4) is 0 Å². The van der Waals surface area contributed by atoms with Gasteiger partial charge in [-0.2, -0.15) is 0 Å². The van der Waals surface area contributed by atoms with E-state index < -0.39 is 0 Å². The topological polar surface area (TPSA) is 36.1 Å². The van der Waals surface area contributed by atoms with E-state index >= 15 is 0 Å². The van der Waals surface area contributed by atoms with Gasteiger partial charge < -0.3 is 9.88 Å². The third-order valence-electron chi connectivity index (χ3n) is 7.12. The first-order chi connectivity index (χ1) is 15.7. The molecule has 0 saturated heterocycles. The van der Waals surface area contributed by atoms with Gasteiger partial charge in [0.1, 0.15) is 0 Å². The molecule has 4 heteroatoms. The van der Waals surface area contributed by atoms with Crippen molar-refractivity contribution >= 4 is 28.4 Å². The zero-order valence-corrected chi connectivity index (χ0v) is 18.6. The number of carbonyl (C=O) groups is 1. The molecule has 4 aromatic rings. The summed E-state index contributed by atoms with van der Waals surface area (Å²) in [5.41, 5.74) is 6.39. The molecule has 1 aliphatic carbocycles. The van der Waals surface area contributed by atoms with Gasteiger partial charge in [-0.25, -0.2) is 0 Å². The lowest BCUT2D eigenvalue weighted by Crippen LogP contribution is -2.40. The van der Waals surface area contributed by atoms with Crippen LogP contribution in [0.1, 0.15) is 59.6 Å². The van der Waals surface area contributed by atoms with E-state index in [1.165, 1.54) is 30.2 Å². The Morgan fingerprint density at radius 3 is 2.38 bits per heavy atom. The van der Waals surface area contributed by atoms with Crippen molar-refractivity contribution in [3.05, 3.63) is 94.5 Å². The Hall–Kier alpha value is -3.04. The van der Waals surface area contributed by atoms with Crippen LogP contribution in [0.15, 0.2) is 72.8 Å². The number of aromatic nitrogens is 1. The number of hydrogen-bond donors (Lipinski definition) is 1. The number of para-hydroxylation sites is 1. The molecular formula is C28H25ClN2O. The molecule has 160 valence electrons. The van der Waals surface area contributed by atoms with Gasteiger partial charge in [-0.15, -0.1) is 0 Å². The summed E-state index contributed by atoms with van der Waals surface area (Å²) in [6.07, 6.45) is 5.80. The standard InChI is InChI=1S/C28H25ClN2O/c29-19-16-14-18(15-17-19)26-25(23-12-6-7-13-24(23)30-26)27-21-10-4-5-11-22(21)28(32)31(27)20-8-2-1-3-9-20/h4-7,10-17,20,27,30H,1-3,8-9H2. The van der Waals surface area contributed by atoms with Crippen LogP contribution in [0.2, 0.25) is 5.02 Å². The average Bonchev–Trinajstić information content (AvgIpc) is 3.35. The largest absolute Gasteiger partial charge is 0.354 e. The first kappa shape index (κ1) is 19.6. The van der Waals surface area contributed by atoms with E-state index in [-0.39, 0.29) is 18.0 Å². The number of aromatic amines is 1. The molecule has 1 aromatic heterocycles. The first-order valence-electron chi connectivity index (χ1n) is 11.5. The van der Waals surface area contributed by atoms with Crippen LogP contribution in [0.4, 0.5) is 0 Å². The van der Waals surface area contributed by atoms with Crippen molar-refractivity contribution in [3.63, 3.8) is 0 Å². The molecule has 0 radical (unpaired) electrons. The van der Waals surface area contributed by atoms with Gasteiger partial charge in [-0.1, -0.05) is 79.4 Å². The van der Waals surface area contributed by atoms with Crippen molar-refractivity contribution in [2.24, 2.45) is 0 Å². The Kier molecular flexibility index (Phi) is 4.80. The van der Waals surface area contributed by atoms with Crippen molar-refractivity contribution in [1.29, 1.82) is 0 Å². The Bertz CT molecular complexity index is 1300. The highest BCUT2D eigenvalue weighted by molar-refractivity contribution is 6.30. The van der Waals surface area contributed by atoms with Gasteiger partial charge in [0.05, 0.1) is 11.7 Å². The average molecular weight is 441 g/mol. The monoisotopic (exact) mass is 440 g/mol. The van der Waals surface area contributed by atoms with E-state index in [4.69, 9.17) is 11.6 Å². The number of amides is 1. The number of nitrogens with one attached hydrogen (secondary N) is 1. The van der Waals surface area contributed by atoms with Crippen LogP contribution in [-0.2, 0) is 0 Å². The van der Waals surface area contributed by atoms with Gasteiger partial charge in [0.25, 0.3) is 5.91 Å². The highest BCUT2D eigenvalue weighted by Crippen LogP contribution is 2.47. The minimum atomic E-state index is -0.0939. The Balaban J connectivity index is 1.61. The molecule has 1 saturated carbocycles. The number of halogens is 1. The molecule has 1 fully saturated rings. The van der Waals surface area contributed by atoms with Crippen LogP contribution < -0.4 is 0 Å². The number of carbonyl (C=O) groups excluding carboxylic acids is 1. The Morgan fingerprint density at radius 1 is 0.844 bits per heavy atom. The van der Waals surface area contributed by atoms with Crippen LogP contribution in [0.5, 0.6) is 0 Å². The minimum Gasteiger partial charge on any atom is -0.354 e. The highest BCUT2D eigenvalue weighted by Gasteiger charge is 2.43. The van der Waals surface area contributed by atoms with E-state index in [1.807, 2.05) is 24.3 Å². The summed E-state index contributed by atoms with van der Waals surface area (Å²) in [4.78, 5) is 19.6. The maximum Gasteiger partial charge on any atom is 0.255 e. The van der Waals surface area contributed by atoms with Gasteiger partial charge in [0.15, 0.2) is 0 Å². The molecule has 6 rings (SSSR count). The fourth-order valence-corrected chi connectivity index (χ4v) is 5.78. The third kappa shape index (κ3) is 3.07. The van der Waals surface area contributed by atoms with Gasteiger partial charge in [0.2, 0.25) is 0 Å². The summed E-state index contributed by atoms with van der Waals surface area (Å²) in [5, 5.41) is 1.89. The number of benzene rings is 3. The zero-order valence-electron chi connectivity index (χ0n) is 17.9. The maximum absolute atomic E-state index is 13.7. The number of nitrogens with zero attached hydrogens (tertiary/aromatic N) is 1. The second-order valence-electron chi connectivity index (χ2n) is 8.96. The lowest BCUT2D eigenvalue weighted by Gasteiger charge is -2.36. The van der Waals surface area contributed by atoms with Crippen LogP contribution in [0, 0.1) is 0 Å². The molecule has 1 amide bonds. The van der Waals surface area contributed by atoms with E-state index in [1.54, 1.807) is 0 Å². The summed E-state index contributed by atoms with van der Waals surface area (Å²) in [7, 11) is 0. The van der Waals surface area contributed by atoms with Gasteiger partial charge in [0, 0.05) is 33.1 Å². The summed E-state index contributed by atoms with van der Waals surface area (Å²) in [6, 6.07) is 24.7. The molecule has 2 heterocycles. The van der Waals surface area contributed by atoms with Crippen LogP contribution in [0.25, 0.3) is 22.2 Å². The second kappa shape index (κ2) is 7.83.